The van der Waals surface area contributed by atoms with Crippen molar-refractivity contribution in [2.24, 2.45) is 5.92 Å². The first kappa shape index (κ1) is 22.3. The lowest BCUT2D eigenvalue weighted by Crippen LogP contribution is -2.30. The topological polar surface area (TPSA) is 92.8 Å². The van der Waals surface area contributed by atoms with Crippen molar-refractivity contribution in [3.8, 4) is 5.75 Å². The van der Waals surface area contributed by atoms with E-state index >= 15 is 0 Å². The molecular formula is C24H28N2O5S. The monoisotopic (exact) mass is 456 g/mol. The maximum Gasteiger partial charge on any atom is 0.230 e. The number of fused-ring (bicyclic) bond motifs is 1. The van der Waals surface area contributed by atoms with Crippen molar-refractivity contribution in [3.05, 3.63) is 47.5 Å². The Labute approximate surface area is 188 Å². The summed E-state index contributed by atoms with van der Waals surface area (Å²) in [5.41, 5.74) is 3.13. The lowest BCUT2D eigenvalue weighted by Gasteiger charge is -2.18. The normalized spacial score (nSPS) is 16.4. The van der Waals surface area contributed by atoms with Crippen LogP contribution in [0, 0.1) is 12.8 Å². The number of carbonyl (C=O) groups is 2. The van der Waals surface area contributed by atoms with Gasteiger partial charge in [-0.3, -0.25) is 9.59 Å². The van der Waals surface area contributed by atoms with Gasteiger partial charge < -0.3 is 15.0 Å². The van der Waals surface area contributed by atoms with Gasteiger partial charge in [0.1, 0.15) is 5.75 Å². The molecule has 170 valence electrons. The SMILES string of the molecule is COc1ccc(C)cc1NC(=O)C[C@H](C)S(=O)(=O)c1ccc2c(c1)CCN2C(=O)C1CC1. The van der Waals surface area contributed by atoms with E-state index in [1.54, 1.807) is 42.2 Å². The zero-order valence-corrected chi connectivity index (χ0v) is 19.4. The van der Waals surface area contributed by atoms with Gasteiger partial charge in [0, 0.05) is 24.6 Å². The van der Waals surface area contributed by atoms with E-state index in [4.69, 9.17) is 4.74 Å². The van der Waals surface area contributed by atoms with Gasteiger partial charge in [-0.1, -0.05) is 6.07 Å². The van der Waals surface area contributed by atoms with Gasteiger partial charge in [0.2, 0.25) is 11.8 Å². The Morgan fingerprint density at radius 1 is 1.19 bits per heavy atom. The molecule has 1 fully saturated rings. The van der Waals surface area contributed by atoms with Crippen molar-refractivity contribution < 1.29 is 22.7 Å². The Kier molecular flexibility index (Phi) is 5.99. The first-order valence-corrected chi connectivity index (χ1v) is 12.4. The van der Waals surface area contributed by atoms with E-state index in [2.05, 4.69) is 5.32 Å². The average molecular weight is 457 g/mol. The average Bonchev–Trinajstić information content (AvgIpc) is 3.52. The molecule has 1 saturated carbocycles. The Morgan fingerprint density at radius 3 is 2.62 bits per heavy atom. The fraction of sp³-hybridized carbons (Fsp3) is 0.417. The molecule has 1 heterocycles. The largest absolute Gasteiger partial charge is 0.495 e. The molecule has 0 unspecified atom stereocenters. The highest BCUT2D eigenvalue weighted by Crippen LogP contribution is 2.37. The number of nitrogens with zero attached hydrogens (tertiary/aromatic N) is 1. The molecule has 4 rings (SSSR count). The van der Waals surface area contributed by atoms with Crippen LogP contribution >= 0.6 is 0 Å². The molecule has 0 bridgehead atoms. The van der Waals surface area contributed by atoms with Crippen LogP contribution in [0.15, 0.2) is 41.3 Å². The van der Waals surface area contributed by atoms with Crippen LogP contribution in [-0.4, -0.2) is 39.1 Å². The van der Waals surface area contributed by atoms with Gasteiger partial charge in [0.15, 0.2) is 9.84 Å². The molecule has 1 aliphatic heterocycles. The summed E-state index contributed by atoms with van der Waals surface area (Å²) >= 11 is 0. The summed E-state index contributed by atoms with van der Waals surface area (Å²) in [6.45, 7) is 4.03. The van der Waals surface area contributed by atoms with Crippen LogP contribution in [-0.2, 0) is 25.8 Å². The fourth-order valence-electron chi connectivity index (χ4n) is 4.06. The fourth-order valence-corrected chi connectivity index (χ4v) is 5.46. The minimum Gasteiger partial charge on any atom is -0.495 e. The van der Waals surface area contributed by atoms with E-state index in [1.165, 1.54) is 7.11 Å². The predicted molar refractivity (Wildman–Crippen MR) is 123 cm³/mol. The van der Waals surface area contributed by atoms with Gasteiger partial charge >= 0.3 is 0 Å². The minimum atomic E-state index is -3.71. The zero-order valence-electron chi connectivity index (χ0n) is 18.6. The summed E-state index contributed by atoms with van der Waals surface area (Å²) in [6, 6.07) is 10.3. The molecule has 0 aromatic heterocycles. The highest BCUT2D eigenvalue weighted by Gasteiger charge is 2.37. The number of anilines is 2. The van der Waals surface area contributed by atoms with Crippen molar-refractivity contribution in [1.82, 2.24) is 0 Å². The van der Waals surface area contributed by atoms with Crippen LogP contribution in [0.4, 0.5) is 11.4 Å². The van der Waals surface area contributed by atoms with E-state index in [1.807, 2.05) is 13.0 Å². The molecule has 0 spiro atoms. The van der Waals surface area contributed by atoms with Crippen LogP contribution in [0.2, 0.25) is 0 Å². The number of rotatable bonds is 7. The summed E-state index contributed by atoms with van der Waals surface area (Å²) in [4.78, 5) is 27.0. The van der Waals surface area contributed by atoms with Gasteiger partial charge in [-0.25, -0.2) is 8.42 Å². The van der Waals surface area contributed by atoms with Gasteiger partial charge in [0.25, 0.3) is 0 Å². The number of nitrogens with one attached hydrogen (secondary N) is 1. The minimum absolute atomic E-state index is 0.120. The van der Waals surface area contributed by atoms with Gasteiger partial charge in [-0.2, -0.15) is 0 Å². The third-order valence-corrected chi connectivity index (χ3v) is 8.24. The van der Waals surface area contributed by atoms with E-state index in [0.29, 0.717) is 24.4 Å². The van der Waals surface area contributed by atoms with Gasteiger partial charge in [0.05, 0.1) is 22.9 Å². The summed E-state index contributed by atoms with van der Waals surface area (Å²) < 4.78 is 31.6. The van der Waals surface area contributed by atoms with E-state index in [-0.39, 0.29) is 23.1 Å². The zero-order chi connectivity index (χ0) is 23.0. The van der Waals surface area contributed by atoms with Gasteiger partial charge in [-0.15, -0.1) is 0 Å². The van der Waals surface area contributed by atoms with E-state index in [9.17, 15) is 18.0 Å². The number of benzene rings is 2. The molecule has 32 heavy (non-hydrogen) atoms. The lowest BCUT2D eigenvalue weighted by molar-refractivity contribution is -0.119. The molecule has 1 atom stereocenters. The lowest BCUT2D eigenvalue weighted by atomic mass is 10.2. The van der Waals surface area contributed by atoms with E-state index in [0.717, 1.165) is 29.7 Å². The second-order valence-electron chi connectivity index (χ2n) is 8.62. The first-order chi connectivity index (χ1) is 15.2. The van der Waals surface area contributed by atoms with E-state index < -0.39 is 21.0 Å². The number of carbonyl (C=O) groups excluding carboxylic acids is 2. The highest BCUT2D eigenvalue weighted by atomic mass is 32.2. The van der Waals surface area contributed by atoms with Crippen molar-refractivity contribution >= 4 is 33.0 Å². The number of ether oxygens (including phenoxy) is 1. The van der Waals surface area contributed by atoms with Crippen LogP contribution < -0.4 is 15.0 Å². The Hall–Kier alpha value is -2.87. The number of aryl methyl sites for hydroxylation is 1. The first-order valence-electron chi connectivity index (χ1n) is 10.8. The Morgan fingerprint density at radius 2 is 1.94 bits per heavy atom. The molecule has 2 amide bonds. The van der Waals surface area contributed by atoms with Crippen LogP contribution in [0.25, 0.3) is 0 Å². The second-order valence-corrected chi connectivity index (χ2v) is 11.0. The quantitative estimate of drug-likeness (QED) is 0.688. The Balaban J connectivity index is 1.47. The molecule has 2 aliphatic rings. The maximum atomic E-state index is 13.1. The summed E-state index contributed by atoms with van der Waals surface area (Å²) in [6.07, 6.45) is 2.33. The smallest absolute Gasteiger partial charge is 0.230 e. The molecular weight excluding hydrogens is 428 g/mol. The van der Waals surface area contributed by atoms with Crippen molar-refractivity contribution in [1.29, 1.82) is 0 Å². The van der Waals surface area contributed by atoms with Crippen LogP contribution in [0.5, 0.6) is 5.75 Å². The number of hydrogen-bond donors (Lipinski definition) is 1. The molecule has 8 heteroatoms. The third kappa shape index (κ3) is 4.37. The number of hydrogen-bond acceptors (Lipinski definition) is 5. The van der Waals surface area contributed by atoms with Crippen molar-refractivity contribution in [3.63, 3.8) is 0 Å². The summed E-state index contributed by atoms with van der Waals surface area (Å²) in [7, 11) is -2.19. The molecule has 2 aromatic carbocycles. The summed E-state index contributed by atoms with van der Waals surface area (Å²) in [5.74, 6) is 0.376. The number of amides is 2. The van der Waals surface area contributed by atoms with Crippen LogP contribution in [0.3, 0.4) is 0 Å². The maximum absolute atomic E-state index is 13.1. The van der Waals surface area contributed by atoms with Gasteiger partial charge in [-0.05, 0) is 74.6 Å². The number of methoxy groups -OCH3 is 1. The molecule has 0 radical (unpaired) electrons. The molecule has 2 aromatic rings. The van der Waals surface area contributed by atoms with Crippen LogP contribution in [0.1, 0.15) is 37.3 Å². The third-order valence-electron chi connectivity index (χ3n) is 6.10. The molecule has 1 N–H and O–H groups in total. The second kappa shape index (κ2) is 8.58. The highest BCUT2D eigenvalue weighted by molar-refractivity contribution is 7.92. The van der Waals surface area contributed by atoms with Crippen molar-refractivity contribution in [2.75, 3.05) is 23.9 Å². The van der Waals surface area contributed by atoms with Crippen molar-refractivity contribution in [2.45, 2.75) is 49.7 Å². The molecule has 7 nitrogen and oxygen atoms in total. The predicted octanol–water partition coefficient (Wildman–Crippen LogP) is 3.49. The molecule has 0 saturated heterocycles. The summed E-state index contributed by atoms with van der Waals surface area (Å²) in [5, 5.41) is 1.86. The number of sulfone groups is 1. The Bertz CT molecular complexity index is 1170. The standard InChI is InChI=1S/C24H28N2O5S/c1-15-4-9-22(31-3)20(12-15)25-23(27)13-16(2)32(29,30)19-7-8-21-18(14-19)10-11-26(21)24(28)17-5-6-17/h4,7-9,12,14,16-17H,5-6,10-11,13H2,1-3H3,(H,25,27)/t16-/m0/s1. The molecule has 1 aliphatic carbocycles.